The van der Waals surface area contributed by atoms with E-state index in [-0.39, 0.29) is 5.92 Å². The van der Waals surface area contributed by atoms with Gasteiger partial charge in [0.15, 0.2) is 0 Å². The molecule has 3 heterocycles. The minimum absolute atomic E-state index is 0.139. The van der Waals surface area contributed by atoms with Gasteiger partial charge in [-0.3, -0.25) is 4.57 Å². The highest BCUT2D eigenvalue weighted by Gasteiger charge is 2.32. The number of rotatable bonds is 3. The quantitative estimate of drug-likeness (QED) is 0.182. The summed E-state index contributed by atoms with van der Waals surface area (Å²) < 4.78 is 4.98. The van der Waals surface area contributed by atoms with Crippen LogP contribution in [0.4, 0.5) is 0 Å². The van der Waals surface area contributed by atoms with Crippen molar-refractivity contribution in [2.45, 2.75) is 12.3 Å². The summed E-state index contributed by atoms with van der Waals surface area (Å²) in [7, 11) is 0. The standard InChI is InChI=1S/C44H27N3S/c1-3-12-26(13-4-1)33-24-29-16-7-8-18-30(29)42-40(33)41(28-14-5-2-6-15-28)45-44(46-42)47-35-20-11-17-27-22-23-32-39(38(27)35)36(47)25-34-31-19-9-10-21-37(31)48-43(32)34/h1-23,25,33H,24H2. The molecule has 0 saturated heterocycles. The first-order chi connectivity index (χ1) is 23.8. The van der Waals surface area contributed by atoms with Gasteiger partial charge in [-0.25, -0.2) is 9.97 Å². The maximum atomic E-state index is 5.60. The van der Waals surface area contributed by atoms with Gasteiger partial charge in [0, 0.05) is 58.9 Å². The van der Waals surface area contributed by atoms with Crippen molar-refractivity contribution in [1.29, 1.82) is 0 Å². The molecule has 4 heteroatoms. The normalized spacial score (nSPS) is 14.4. The summed E-state index contributed by atoms with van der Waals surface area (Å²) in [6.45, 7) is 0. The molecule has 0 fully saturated rings. The van der Waals surface area contributed by atoms with E-state index < -0.39 is 0 Å². The van der Waals surface area contributed by atoms with Crippen molar-refractivity contribution in [1.82, 2.24) is 14.5 Å². The van der Waals surface area contributed by atoms with Gasteiger partial charge in [0.1, 0.15) is 0 Å². The molecule has 0 radical (unpaired) electrons. The number of thiophene rings is 1. The summed E-state index contributed by atoms with van der Waals surface area (Å²) in [4.78, 5) is 11.2. The second-order valence-corrected chi connectivity index (χ2v) is 13.9. The highest BCUT2D eigenvalue weighted by atomic mass is 32.1. The van der Waals surface area contributed by atoms with Gasteiger partial charge in [0.25, 0.3) is 0 Å². The Bertz CT molecular complexity index is 2850. The molecule has 11 rings (SSSR count). The van der Waals surface area contributed by atoms with Crippen molar-refractivity contribution in [3.63, 3.8) is 0 Å². The molecular formula is C44H27N3S. The minimum atomic E-state index is 0.139. The maximum absolute atomic E-state index is 5.60. The molecule has 1 unspecified atom stereocenters. The van der Waals surface area contributed by atoms with Gasteiger partial charge in [-0.15, -0.1) is 11.3 Å². The third kappa shape index (κ3) is 3.58. The van der Waals surface area contributed by atoms with Crippen LogP contribution in [0, 0.1) is 0 Å². The Morgan fingerprint density at radius 2 is 1.35 bits per heavy atom. The molecule has 1 aliphatic carbocycles. The molecule has 1 aliphatic rings. The van der Waals surface area contributed by atoms with E-state index in [1.807, 2.05) is 11.3 Å². The number of hydrogen-bond acceptors (Lipinski definition) is 3. The second kappa shape index (κ2) is 9.83. The van der Waals surface area contributed by atoms with E-state index >= 15 is 0 Å². The van der Waals surface area contributed by atoms with Crippen LogP contribution in [0.3, 0.4) is 0 Å². The molecule has 1 atom stereocenters. The van der Waals surface area contributed by atoms with Crippen LogP contribution in [0.1, 0.15) is 22.6 Å². The summed E-state index contributed by atoms with van der Waals surface area (Å²) in [5.74, 6) is 0.847. The number of aromatic nitrogens is 3. The molecule has 0 spiro atoms. The first-order valence-electron chi connectivity index (χ1n) is 16.5. The monoisotopic (exact) mass is 629 g/mol. The molecule has 0 N–H and O–H groups in total. The molecule has 0 saturated carbocycles. The Morgan fingerprint density at radius 1 is 0.583 bits per heavy atom. The Kier molecular flexibility index (Phi) is 5.38. The van der Waals surface area contributed by atoms with Gasteiger partial charge < -0.3 is 0 Å². The zero-order chi connectivity index (χ0) is 31.3. The predicted octanol–water partition coefficient (Wildman–Crippen LogP) is 11.6. The van der Waals surface area contributed by atoms with Crippen molar-refractivity contribution in [2.24, 2.45) is 0 Å². The van der Waals surface area contributed by atoms with Crippen molar-refractivity contribution in [3.05, 3.63) is 162 Å². The first-order valence-corrected chi connectivity index (χ1v) is 17.3. The van der Waals surface area contributed by atoms with E-state index in [0.717, 1.165) is 34.4 Å². The molecule has 0 aliphatic heterocycles. The molecule has 48 heavy (non-hydrogen) atoms. The highest BCUT2D eigenvalue weighted by molar-refractivity contribution is 7.26. The largest absolute Gasteiger partial charge is 0.278 e. The molecule has 10 aromatic rings. The Hall–Kier alpha value is -5.84. The lowest BCUT2D eigenvalue weighted by atomic mass is 9.76. The first kappa shape index (κ1) is 26.3. The zero-order valence-electron chi connectivity index (χ0n) is 25.9. The number of nitrogens with zero attached hydrogens (tertiary/aromatic N) is 3. The van der Waals surface area contributed by atoms with Gasteiger partial charge in [-0.2, -0.15) is 0 Å². The van der Waals surface area contributed by atoms with Gasteiger partial charge in [-0.1, -0.05) is 127 Å². The summed E-state index contributed by atoms with van der Waals surface area (Å²) in [6, 6.07) is 52.8. The summed E-state index contributed by atoms with van der Waals surface area (Å²) in [5, 5.41) is 7.66. The lowest BCUT2D eigenvalue weighted by molar-refractivity contribution is 0.777. The average molecular weight is 630 g/mol. The van der Waals surface area contributed by atoms with E-state index in [9.17, 15) is 0 Å². The number of fused-ring (bicyclic) bond motifs is 7. The van der Waals surface area contributed by atoms with Crippen molar-refractivity contribution in [3.8, 4) is 28.5 Å². The molecule has 224 valence electrons. The van der Waals surface area contributed by atoms with Crippen LogP contribution in [-0.2, 0) is 6.42 Å². The van der Waals surface area contributed by atoms with Crippen LogP contribution in [0.15, 0.2) is 146 Å². The van der Waals surface area contributed by atoms with E-state index in [1.165, 1.54) is 64.0 Å². The molecular weight excluding hydrogens is 603 g/mol. The van der Waals surface area contributed by atoms with Crippen molar-refractivity contribution < 1.29 is 0 Å². The Morgan fingerprint density at radius 3 is 2.25 bits per heavy atom. The van der Waals surface area contributed by atoms with Crippen LogP contribution in [0.25, 0.3) is 81.2 Å². The van der Waals surface area contributed by atoms with Crippen LogP contribution in [-0.4, -0.2) is 14.5 Å². The molecule has 3 aromatic heterocycles. The highest BCUT2D eigenvalue weighted by Crippen LogP contribution is 2.48. The van der Waals surface area contributed by atoms with E-state index in [2.05, 4.69) is 150 Å². The molecule has 3 nitrogen and oxygen atoms in total. The molecule has 0 bridgehead atoms. The zero-order valence-corrected chi connectivity index (χ0v) is 26.7. The third-order valence-corrected chi connectivity index (χ3v) is 11.6. The summed E-state index contributed by atoms with van der Waals surface area (Å²) in [5.41, 5.74) is 10.4. The fourth-order valence-corrected chi connectivity index (χ4v) is 9.48. The fraction of sp³-hybridized carbons (Fsp3) is 0.0455. The summed E-state index contributed by atoms with van der Waals surface area (Å²) in [6.07, 6.45) is 0.909. The second-order valence-electron chi connectivity index (χ2n) is 12.9. The van der Waals surface area contributed by atoms with E-state index in [0.29, 0.717) is 5.95 Å². The van der Waals surface area contributed by atoms with Crippen LogP contribution in [0.5, 0.6) is 0 Å². The van der Waals surface area contributed by atoms with Crippen LogP contribution < -0.4 is 0 Å². The molecule has 0 amide bonds. The van der Waals surface area contributed by atoms with Gasteiger partial charge >= 0.3 is 0 Å². The topological polar surface area (TPSA) is 30.7 Å². The van der Waals surface area contributed by atoms with E-state index in [1.54, 1.807) is 0 Å². The van der Waals surface area contributed by atoms with Crippen LogP contribution >= 0.6 is 11.3 Å². The number of hydrogen-bond donors (Lipinski definition) is 0. The van der Waals surface area contributed by atoms with Gasteiger partial charge in [-0.05, 0) is 41.1 Å². The van der Waals surface area contributed by atoms with Crippen molar-refractivity contribution >= 4 is 64.1 Å². The molecule has 7 aromatic carbocycles. The average Bonchev–Trinajstić information content (AvgIpc) is 3.70. The van der Waals surface area contributed by atoms with Gasteiger partial charge in [0.2, 0.25) is 5.95 Å². The van der Waals surface area contributed by atoms with Gasteiger partial charge in [0.05, 0.1) is 22.4 Å². The fourth-order valence-electron chi connectivity index (χ4n) is 8.27. The van der Waals surface area contributed by atoms with Crippen molar-refractivity contribution in [2.75, 3.05) is 0 Å². The predicted molar refractivity (Wildman–Crippen MR) is 201 cm³/mol. The van der Waals surface area contributed by atoms with Crippen LogP contribution in [0.2, 0.25) is 0 Å². The minimum Gasteiger partial charge on any atom is -0.278 e. The lowest BCUT2D eigenvalue weighted by Crippen LogP contribution is -2.18. The Labute approximate surface area is 280 Å². The Balaban J connectivity index is 1.30. The third-order valence-electron chi connectivity index (χ3n) is 10.3. The number of benzene rings is 7. The summed E-state index contributed by atoms with van der Waals surface area (Å²) >= 11 is 1.89. The maximum Gasteiger partial charge on any atom is 0.235 e. The SMILES string of the molecule is c1ccc(-c2nc(-n3c4cccc5ccc6c7sc8ccccc8c7cc3c6c54)nc3c2C(c2ccccc2)Cc2ccccc2-3)cc1. The smallest absolute Gasteiger partial charge is 0.235 e. The van der Waals surface area contributed by atoms with E-state index in [4.69, 9.17) is 9.97 Å². The lowest BCUT2D eigenvalue weighted by Gasteiger charge is -2.30.